The molecule has 1 rings (SSSR count). The standard InChI is InChI=1S/C16H30N2O4/c1-5-21-15(19)9-10-18-11-13(16(20)22-6-2)7-8-14(18)12-17(3)4/h13-14H,5-12H2,1-4H3/t13-,14-/m1/s1. The van der Waals surface area contributed by atoms with Crippen LogP contribution in [0, 0.1) is 5.92 Å². The quantitative estimate of drug-likeness (QED) is 0.626. The van der Waals surface area contributed by atoms with Gasteiger partial charge in [-0.25, -0.2) is 0 Å². The molecule has 22 heavy (non-hydrogen) atoms. The van der Waals surface area contributed by atoms with Crippen molar-refractivity contribution in [3.05, 3.63) is 0 Å². The number of esters is 2. The molecule has 1 aliphatic heterocycles. The van der Waals surface area contributed by atoms with E-state index < -0.39 is 0 Å². The highest BCUT2D eigenvalue weighted by atomic mass is 16.5. The van der Waals surface area contributed by atoms with Gasteiger partial charge >= 0.3 is 11.9 Å². The van der Waals surface area contributed by atoms with Crippen molar-refractivity contribution in [2.75, 3.05) is 46.9 Å². The smallest absolute Gasteiger partial charge is 0.310 e. The van der Waals surface area contributed by atoms with E-state index in [0.29, 0.717) is 38.8 Å². The lowest BCUT2D eigenvalue weighted by molar-refractivity contribution is -0.150. The number of likely N-dealkylation sites (N-methyl/N-ethyl adjacent to an activating group) is 1. The van der Waals surface area contributed by atoms with Crippen molar-refractivity contribution in [3.63, 3.8) is 0 Å². The average Bonchev–Trinajstić information content (AvgIpc) is 2.46. The fourth-order valence-corrected chi connectivity index (χ4v) is 2.92. The molecule has 0 radical (unpaired) electrons. The van der Waals surface area contributed by atoms with Crippen LogP contribution in [0.1, 0.15) is 33.1 Å². The van der Waals surface area contributed by atoms with E-state index in [2.05, 4.69) is 9.80 Å². The Kier molecular flexibility index (Phi) is 8.42. The molecule has 1 saturated heterocycles. The molecule has 2 atom stereocenters. The second-order valence-corrected chi connectivity index (χ2v) is 5.99. The number of ether oxygens (including phenoxy) is 2. The molecule has 0 aromatic carbocycles. The first-order chi connectivity index (χ1) is 10.5. The van der Waals surface area contributed by atoms with E-state index in [1.54, 1.807) is 0 Å². The Bertz CT molecular complexity index is 360. The third kappa shape index (κ3) is 6.32. The molecular formula is C16H30N2O4. The molecule has 6 nitrogen and oxygen atoms in total. The largest absolute Gasteiger partial charge is 0.466 e. The van der Waals surface area contributed by atoms with Crippen LogP contribution in [0.3, 0.4) is 0 Å². The lowest BCUT2D eigenvalue weighted by atomic mass is 9.92. The predicted octanol–water partition coefficient (Wildman–Crippen LogP) is 1.14. The highest BCUT2D eigenvalue weighted by molar-refractivity contribution is 5.73. The maximum Gasteiger partial charge on any atom is 0.310 e. The van der Waals surface area contributed by atoms with Gasteiger partial charge in [-0.15, -0.1) is 0 Å². The van der Waals surface area contributed by atoms with E-state index in [1.807, 2.05) is 27.9 Å². The van der Waals surface area contributed by atoms with Crippen molar-refractivity contribution in [2.45, 2.75) is 39.2 Å². The molecular weight excluding hydrogens is 284 g/mol. The summed E-state index contributed by atoms with van der Waals surface area (Å²) in [5, 5.41) is 0. The molecule has 0 aromatic heterocycles. The van der Waals surface area contributed by atoms with Crippen LogP contribution in [0.5, 0.6) is 0 Å². The van der Waals surface area contributed by atoms with Crippen LogP contribution in [0.2, 0.25) is 0 Å². The zero-order valence-electron chi connectivity index (χ0n) is 14.3. The number of piperidine rings is 1. The first-order valence-corrected chi connectivity index (χ1v) is 8.18. The molecule has 0 saturated carbocycles. The van der Waals surface area contributed by atoms with E-state index in [4.69, 9.17) is 9.47 Å². The van der Waals surface area contributed by atoms with E-state index in [-0.39, 0.29) is 17.9 Å². The highest BCUT2D eigenvalue weighted by Crippen LogP contribution is 2.24. The lowest BCUT2D eigenvalue weighted by Crippen LogP contribution is -2.50. The fraction of sp³-hybridized carbons (Fsp3) is 0.875. The third-order valence-electron chi connectivity index (χ3n) is 3.92. The predicted molar refractivity (Wildman–Crippen MR) is 84.5 cm³/mol. The number of rotatable bonds is 8. The van der Waals surface area contributed by atoms with Gasteiger partial charge in [-0.1, -0.05) is 0 Å². The molecule has 6 heteroatoms. The summed E-state index contributed by atoms with van der Waals surface area (Å²) in [6, 6.07) is 0.370. The fourth-order valence-electron chi connectivity index (χ4n) is 2.92. The highest BCUT2D eigenvalue weighted by Gasteiger charge is 2.33. The van der Waals surface area contributed by atoms with Gasteiger partial charge in [-0.05, 0) is 40.8 Å². The molecule has 0 spiro atoms. The van der Waals surface area contributed by atoms with Gasteiger partial charge in [-0.3, -0.25) is 14.5 Å². The van der Waals surface area contributed by atoms with Crippen molar-refractivity contribution in [1.82, 2.24) is 9.80 Å². The minimum Gasteiger partial charge on any atom is -0.466 e. The Balaban J connectivity index is 2.60. The van der Waals surface area contributed by atoms with Gasteiger partial charge < -0.3 is 14.4 Å². The normalized spacial score (nSPS) is 22.6. The summed E-state index contributed by atoms with van der Waals surface area (Å²) in [4.78, 5) is 27.9. The number of nitrogens with zero attached hydrogens (tertiary/aromatic N) is 2. The Morgan fingerprint density at radius 1 is 1.14 bits per heavy atom. The summed E-state index contributed by atoms with van der Waals surface area (Å²) in [6.07, 6.45) is 2.17. The van der Waals surface area contributed by atoms with Crippen LogP contribution in [0.25, 0.3) is 0 Å². The zero-order chi connectivity index (χ0) is 16.5. The number of hydrogen-bond acceptors (Lipinski definition) is 6. The van der Waals surface area contributed by atoms with Crippen molar-refractivity contribution in [3.8, 4) is 0 Å². The van der Waals surface area contributed by atoms with Crippen LogP contribution in [-0.2, 0) is 19.1 Å². The van der Waals surface area contributed by atoms with Gasteiger partial charge in [0.1, 0.15) is 0 Å². The Morgan fingerprint density at radius 2 is 1.82 bits per heavy atom. The van der Waals surface area contributed by atoms with Crippen LogP contribution < -0.4 is 0 Å². The number of carbonyl (C=O) groups is 2. The van der Waals surface area contributed by atoms with E-state index in [0.717, 1.165) is 19.4 Å². The maximum absolute atomic E-state index is 12.0. The Morgan fingerprint density at radius 3 is 2.41 bits per heavy atom. The second-order valence-electron chi connectivity index (χ2n) is 5.99. The molecule has 128 valence electrons. The van der Waals surface area contributed by atoms with Crippen molar-refractivity contribution < 1.29 is 19.1 Å². The average molecular weight is 314 g/mol. The lowest BCUT2D eigenvalue weighted by Gasteiger charge is -2.39. The van der Waals surface area contributed by atoms with Gasteiger partial charge in [0.2, 0.25) is 0 Å². The Labute approximate surface area is 133 Å². The molecule has 1 heterocycles. The summed E-state index contributed by atoms with van der Waals surface area (Å²) in [6.45, 7) is 6.69. The van der Waals surface area contributed by atoms with Gasteiger partial charge in [-0.2, -0.15) is 0 Å². The minimum atomic E-state index is -0.177. The van der Waals surface area contributed by atoms with E-state index >= 15 is 0 Å². The molecule has 0 bridgehead atoms. The van der Waals surface area contributed by atoms with Gasteiger partial charge in [0.25, 0.3) is 0 Å². The summed E-state index contributed by atoms with van der Waals surface area (Å²) < 4.78 is 10.1. The van der Waals surface area contributed by atoms with Crippen molar-refractivity contribution in [2.24, 2.45) is 5.92 Å². The number of hydrogen-bond donors (Lipinski definition) is 0. The minimum absolute atomic E-state index is 0.0828. The SMILES string of the molecule is CCOC(=O)CCN1C[C@H](C(=O)OCC)CC[C@@H]1CN(C)C. The molecule has 1 aliphatic rings. The van der Waals surface area contributed by atoms with E-state index in [1.165, 1.54) is 0 Å². The molecule has 0 aliphatic carbocycles. The summed E-state index contributed by atoms with van der Waals surface area (Å²) in [5.41, 5.74) is 0. The molecule has 0 unspecified atom stereocenters. The third-order valence-corrected chi connectivity index (χ3v) is 3.92. The molecule has 0 N–H and O–H groups in total. The topological polar surface area (TPSA) is 59.1 Å². The van der Waals surface area contributed by atoms with Gasteiger partial charge in [0.05, 0.1) is 25.6 Å². The van der Waals surface area contributed by atoms with Crippen molar-refractivity contribution in [1.29, 1.82) is 0 Å². The van der Waals surface area contributed by atoms with Gasteiger partial charge in [0.15, 0.2) is 0 Å². The van der Waals surface area contributed by atoms with Crippen LogP contribution in [0.15, 0.2) is 0 Å². The molecule has 0 aromatic rings. The monoisotopic (exact) mass is 314 g/mol. The Hall–Kier alpha value is -1.14. The van der Waals surface area contributed by atoms with Crippen LogP contribution in [-0.4, -0.2) is 74.7 Å². The molecule has 0 amide bonds. The van der Waals surface area contributed by atoms with Crippen LogP contribution in [0.4, 0.5) is 0 Å². The van der Waals surface area contributed by atoms with Gasteiger partial charge in [0, 0.05) is 25.7 Å². The summed E-state index contributed by atoms with van der Waals surface area (Å²) in [7, 11) is 4.09. The number of carbonyl (C=O) groups excluding carboxylic acids is 2. The van der Waals surface area contributed by atoms with Crippen LogP contribution >= 0.6 is 0 Å². The maximum atomic E-state index is 12.0. The summed E-state index contributed by atoms with van der Waals surface area (Å²) in [5.74, 6) is -0.378. The zero-order valence-corrected chi connectivity index (χ0v) is 14.3. The first kappa shape index (κ1) is 18.9. The number of likely N-dealkylation sites (tertiary alicyclic amines) is 1. The first-order valence-electron chi connectivity index (χ1n) is 8.18. The summed E-state index contributed by atoms with van der Waals surface area (Å²) >= 11 is 0. The molecule has 1 fully saturated rings. The second kappa shape index (κ2) is 9.79. The van der Waals surface area contributed by atoms with E-state index in [9.17, 15) is 9.59 Å². The van der Waals surface area contributed by atoms with Crippen molar-refractivity contribution >= 4 is 11.9 Å².